The molecule has 0 aliphatic heterocycles. The van der Waals surface area contributed by atoms with Gasteiger partial charge >= 0.3 is 0 Å². The highest BCUT2D eigenvalue weighted by Crippen LogP contribution is 2.17. The number of carbonyl (C=O) groups is 1. The van der Waals surface area contributed by atoms with E-state index in [-0.39, 0.29) is 10.5 Å². The summed E-state index contributed by atoms with van der Waals surface area (Å²) in [5, 5.41) is 3.23. The van der Waals surface area contributed by atoms with Crippen molar-refractivity contribution in [2.45, 2.75) is 44.8 Å². The van der Waals surface area contributed by atoms with Crippen molar-refractivity contribution in [3.63, 3.8) is 0 Å². The Hall–Kier alpha value is -0.440. The van der Waals surface area contributed by atoms with Gasteiger partial charge in [0.25, 0.3) is 5.24 Å². The van der Waals surface area contributed by atoms with Crippen LogP contribution in [-0.2, 0) is 0 Å². The van der Waals surface area contributed by atoms with Crippen LogP contribution in [0.2, 0.25) is 0 Å². The summed E-state index contributed by atoms with van der Waals surface area (Å²) in [4.78, 5) is 11.4. The van der Waals surface area contributed by atoms with E-state index in [9.17, 15) is 4.79 Å². The Morgan fingerprint density at radius 2 is 2.21 bits per heavy atom. The lowest BCUT2D eigenvalue weighted by molar-refractivity contribution is 0.260. The Balaban J connectivity index is 3.62. The van der Waals surface area contributed by atoms with Crippen LogP contribution in [0.1, 0.15) is 39.5 Å². The Bertz CT molecular complexity index is 171. The standard InChI is InChI=1S/C11H21NOS/c1-4-7-9-12-11(13)14-10(6-3)8-5-2/h6,10H,3-5,7-9H2,1-2H3,(H,12,13)/t10-/m0/s1. The predicted octanol–water partition coefficient (Wildman–Crippen LogP) is 3.58. The Kier molecular flexibility index (Phi) is 8.84. The van der Waals surface area contributed by atoms with Crippen molar-refractivity contribution in [2.75, 3.05) is 6.54 Å². The molecule has 1 amide bonds. The average molecular weight is 215 g/mol. The summed E-state index contributed by atoms with van der Waals surface area (Å²) in [6.07, 6.45) is 6.14. The fraction of sp³-hybridized carbons (Fsp3) is 0.727. The molecule has 0 fully saturated rings. The van der Waals surface area contributed by atoms with Crippen molar-refractivity contribution in [3.8, 4) is 0 Å². The smallest absolute Gasteiger partial charge is 0.279 e. The molecule has 0 saturated carbocycles. The van der Waals surface area contributed by atoms with Crippen molar-refractivity contribution in [3.05, 3.63) is 12.7 Å². The van der Waals surface area contributed by atoms with Crippen molar-refractivity contribution in [1.82, 2.24) is 5.32 Å². The maximum Gasteiger partial charge on any atom is 0.279 e. The molecule has 3 heteroatoms. The van der Waals surface area contributed by atoms with Gasteiger partial charge in [-0.25, -0.2) is 0 Å². The molecule has 0 saturated heterocycles. The minimum Gasteiger partial charge on any atom is -0.347 e. The van der Waals surface area contributed by atoms with Crippen LogP contribution < -0.4 is 5.32 Å². The third-order valence-electron chi connectivity index (χ3n) is 1.89. The van der Waals surface area contributed by atoms with Gasteiger partial charge in [-0.05, 0) is 12.8 Å². The van der Waals surface area contributed by atoms with Crippen LogP contribution in [0.15, 0.2) is 12.7 Å². The van der Waals surface area contributed by atoms with Crippen molar-refractivity contribution in [2.24, 2.45) is 0 Å². The van der Waals surface area contributed by atoms with Gasteiger partial charge in [0.15, 0.2) is 0 Å². The minimum atomic E-state index is 0.0804. The summed E-state index contributed by atoms with van der Waals surface area (Å²) in [7, 11) is 0. The monoisotopic (exact) mass is 215 g/mol. The van der Waals surface area contributed by atoms with E-state index in [4.69, 9.17) is 0 Å². The predicted molar refractivity (Wildman–Crippen MR) is 64.8 cm³/mol. The van der Waals surface area contributed by atoms with Crippen LogP contribution in [-0.4, -0.2) is 17.0 Å². The van der Waals surface area contributed by atoms with E-state index in [1.165, 1.54) is 11.8 Å². The third-order valence-corrected chi connectivity index (χ3v) is 2.98. The fourth-order valence-electron chi connectivity index (χ4n) is 1.06. The van der Waals surface area contributed by atoms with Crippen molar-refractivity contribution < 1.29 is 4.79 Å². The van der Waals surface area contributed by atoms with Crippen LogP contribution in [0.25, 0.3) is 0 Å². The second kappa shape index (κ2) is 9.13. The largest absolute Gasteiger partial charge is 0.347 e. The van der Waals surface area contributed by atoms with E-state index in [1.54, 1.807) is 0 Å². The summed E-state index contributed by atoms with van der Waals surface area (Å²) in [6, 6.07) is 0. The summed E-state index contributed by atoms with van der Waals surface area (Å²) in [5.74, 6) is 0. The van der Waals surface area contributed by atoms with E-state index in [1.807, 2.05) is 6.08 Å². The number of hydrogen-bond donors (Lipinski definition) is 1. The molecular formula is C11H21NOS. The van der Waals surface area contributed by atoms with E-state index in [0.717, 1.165) is 32.2 Å². The normalized spacial score (nSPS) is 12.1. The van der Waals surface area contributed by atoms with Crippen LogP contribution in [0.5, 0.6) is 0 Å². The van der Waals surface area contributed by atoms with E-state index in [0.29, 0.717) is 0 Å². The first-order chi connectivity index (χ1) is 6.74. The second-order valence-electron chi connectivity index (χ2n) is 3.25. The van der Waals surface area contributed by atoms with Gasteiger partial charge < -0.3 is 5.32 Å². The van der Waals surface area contributed by atoms with Crippen LogP contribution in [0.3, 0.4) is 0 Å². The molecule has 82 valence electrons. The molecule has 0 aromatic carbocycles. The Labute approximate surface area is 91.5 Å². The number of carbonyl (C=O) groups excluding carboxylic acids is 1. The topological polar surface area (TPSA) is 29.1 Å². The number of rotatable bonds is 7. The summed E-state index contributed by atoms with van der Waals surface area (Å²) < 4.78 is 0. The third kappa shape index (κ3) is 7.01. The van der Waals surface area contributed by atoms with Gasteiger partial charge in [-0.15, -0.1) is 6.58 Å². The van der Waals surface area contributed by atoms with Gasteiger partial charge in [0.1, 0.15) is 0 Å². The zero-order chi connectivity index (χ0) is 10.8. The number of unbranched alkanes of at least 4 members (excludes halogenated alkanes) is 1. The van der Waals surface area contributed by atoms with Gasteiger partial charge in [-0.3, -0.25) is 4.79 Å². The molecule has 0 spiro atoms. The zero-order valence-electron chi connectivity index (χ0n) is 9.21. The average Bonchev–Trinajstić information content (AvgIpc) is 2.17. The molecule has 0 heterocycles. The molecule has 0 aromatic heterocycles. The first-order valence-electron chi connectivity index (χ1n) is 5.31. The van der Waals surface area contributed by atoms with E-state index >= 15 is 0 Å². The second-order valence-corrected chi connectivity index (χ2v) is 4.46. The molecule has 0 bridgehead atoms. The van der Waals surface area contributed by atoms with Gasteiger partial charge in [0.05, 0.1) is 0 Å². The molecule has 0 aromatic rings. The fourth-order valence-corrected chi connectivity index (χ4v) is 1.97. The lowest BCUT2D eigenvalue weighted by Gasteiger charge is -2.10. The summed E-state index contributed by atoms with van der Waals surface area (Å²) in [6.45, 7) is 8.75. The lowest BCUT2D eigenvalue weighted by Crippen LogP contribution is -2.21. The number of amides is 1. The molecule has 0 aliphatic carbocycles. The quantitative estimate of drug-likeness (QED) is 0.519. The molecule has 0 radical (unpaired) electrons. The van der Waals surface area contributed by atoms with E-state index in [2.05, 4.69) is 25.7 Å². The number of nitrogens with one attached hydrogen (secondary N) is 1. The minimum absolute atomic E-state index is 0.0804. The lowest BCUT2D eigenvalue weighted by atomic mass is 10.2. The molecule has 1 atom stereocenters. The summed E-state index contributed by atoms with van der Waals surface area (Å²) >= 11 is 1.35. The molecule has 14 heavy (non-hydrogen) atoms. The summed E-state index contributed by atoms with van der Waals surface area (Å²) in [5.41, 5.74) is 0. The van der Waals surface area contributed by atoms with Crippen molar-refractivity contribution >= 4 is 17.0 Å². The highest BCUT2D eigenvalue weighted by Gasteiger charge is 2.09. The Morgan fingerprint density at radius 3 is 2.71 bits per heavy atom. The molecule has 0 unspecified atom stereocenters. The first-order valence-corrected chi connectivity index (χ1v) is 6.19. The van der Waals surface area contributed by atoms with Crippen LogP contribution in [0.4, 0.5) is 4.79 Å². The van der Waals surface area contributed by atoms with Crippen molar-refractivity contribution in [1.29, 1.82) is 0 Å². The van der Waals surface area contributed by atoms with Gasteiger partial charge in [0.2, 0.25) is 0 Å². The van der Waals surface area contributed by atoms with Gasteiger partial charge in [0, 0.05) is 11.8 Å². The zero-order valence-corrected chi connectivity index (χ0v) is 10.0. The van der Waals surface area contributed by atoms with Crippen LogP contribution >= 0.6 is 11.8 Å². The maximum absolute atomic E-state index is 11.4. The highest BCUT2D eigenvalue weighted by molar-refractivity contribution is 8.14. The highest BCUT2D eigenvalue weighted by atomic mass is 32.2. The molecular weight excluding hydrogens is 194 g/mol. The maximum atomic E-state index is 11.4. The first kappa shape index (κ1) is 13.6. The van der Waals surface area contributed by atoms with E-state index < -0.39 is 0 Å². The van der Waals surface area contributed by atoms with Gasteiger partial charge in [-0.1, -0.05) is 44.5 Å². The molecule has 2 nitrogen and oxygen atoms in total. The number of hydrogen-bond acceptors (Lipinski definition) is 2. The number of thioether (sulfide) groups is 1. The molecule has 1 N–H and O–H groups in total. The molecule has 0 rings (SSSR count). The van der Waals surface area contributed by atoms with Crippen LogP contribution in [0, 0.1) is 0 Å². The van der Waals surface area contributed by atoms with Gasteiger partial charge in [-0.2, -0.15) is 0 Å². The Morgan fingerprint density at radius 1 is 1.50 bits per heavy atom. The SMILES string of the molecule is C=C[C@@H](CCC)SC(=O)NCCCC. The molecule has 0 aliphatic rings.